The van der Waals surface area contributed by atoms with Crippen LogP contribution in [-0.4, -0.2) is 6.54 Å². The zero-order valence-corrected chi connectivity index (χ0v) is 10.2. The van der Waals surface area contributed by atoms with Gasteiger partial charge < -0.3 is 5.32 Å². The van der Waals surface area contributed by atoms with E-state index in [4.69, 9.17) is 11.6 Å². The van der Waals surface area contributed by atoms with Gasteiger partial charge in [0.1, 0.15) is 5.82 Å². The summed E-state index contributed by atoms with van der Waals surface area (Å²) in [5.74, 6) is -0.296. The van der Waals surface area contributed by atoms with Crippen LogP contribution in [0.15, 0.2) is 18.2 Å². The largest absolute Gasteiger partial charge is 0.308 e. The molecular formula is C12H17ClFN. The minimum absolute atomic E-state index is 0.221. The molecule has 0 aliphatic carbocycles. The Bertz CT molecular complexity index is 336. The van der Waals surface area contributed by atoms with Gasteiger partial charge in [-0.25, -0.2) is 4.39 Å². The molecule has 1 aromatic carbocycles. The zero-order chi connectivity index (χ0) is 11.5. The van der Waals surface area contributed by atoms with Gasteiger partial charge in [0.05, 0.1) is 0 Å². The van der Waals surface area contributed by atoms with Crippen molar-refractivity contribution in [2.45, 2.75) is 32.7 Å². The highest BCUT2D eigenvalue weighted by molar-refractivity contribution is 6.31. The minimum Gasteiger partial charge on any atom is -0.308 e. The van der Waals surface area contributed by atoms with Crippen LogP contribution < -0.4 is 5.32 Å². The van der Waals surface area contributed by atoms with Crippen LogP contribution in [0.2, 0.25) is 5.02 Å². The summed E-state index contributed by atoms with van der Waals surface area (Å²) < 4.78 is 12.9. The quantitative estimate of drug-likeness (QED) is 0.830. The molecule has 0 atom stereocenters. The lowest BCUT2D eigenvalue weighted by Gasteiger charge is -2.27. The average molecular weight is 230 g/mol. The highest BCUT2D eigenvalue weighted by Crippen LogP contribution is 2.28. The third-order valence-corrected chi connectivity index (χ3v) is 2.73. The van der Waals surface area contributed by atoms with Crippen LogP contribution in [0, 0.1) is 5.82 Å². The second-order valence-electron chi connectivity index (χ2n) is 4.18. The van der Waals surface area contributed by atoms with Crippen molar-refractivity contribution in [3.05, 3.63) is 34.6 Å². The molecule has 0 aliphatic rings. The number of benzene rings is 1. The third kappa shape index (κ3) is 3.18. The Kier molecular flexibility index (Phi) is 4.12. The molecule has 1 aromatic rings. The maximum absolute atomic E-state index is 12.9. The van der Waals surface area contributed by atoms with Gasteiger partial charge in [-0.2, -0.15) is 0 Å². The van der Waals surface area contributed by atoms with E-state index in [1.54, 1.807) is 6.07 Å². The molecule has 0 saturated carbocycles. The molecule has 3 heteroatoms. The van der Waals surface area contributed by atoms with E-state index in [0.717, 1.165) is 18.5 Å². The van der Waals surface area contributed by atoms with Crippen molar-refractivity contribution < 1.29 is 4.39 Å². The second-order valence-corrected chi connectivity index (χ2v) is 4.58. The fourth-order valence-electron chi connectivity index (χ4n) is 1.53. The lowest BCUT2D eigenvalue weighted by Crippen LogP contribution is -2.37. The van der Waals surface area contributed by atoms with Crippen LogP contribution in [0.25, 0.3) is 0 Å². The molecule has 15 heavy (non-hydrogen) atoms. The second kappa shape index (κ2) is 4.95. The maximum atomic E-state index is 12.9. The van der Waals surface area contributed by atoms with Crippen molar-refractivity contribution in [3.8, 4) is 0 Å². The van der Waals surface area contributed by atoms with E-state index in [1.807, 2.05) is 13.8 Å². The Morgan fingerprint density at radius 2 is 2.07 bits per heavy atom. The van der Waals surface area contributed by atoms with Gasteiger partial charge in [-0.05, 0) is 44.5 Å². The van der Waals surface area contributed by atoms with Crippen LogP contribution in [0.3, 0.4) is 0 Å². The van der Waals surface area contributed by atoms with Crippen molar-refractivity contribution in [3.63, 3.8) is 0 Å². The Morgan fingerprint density at radius 1 is 1.40 bits per heavy atom. The van der Waals surface area contributed by atoms with E-state index >= 15 is 0 Å². The fourth-order valence-corrected chi connectivity index (χ4v) is 1.93. The summed E-state index contributed by atoms with van der Waals surface area (Å²) in [7, 11) is 0. The van der Waals surface area contributed by atoms with Crippen molar-refractivity contribution in [1.82, 2.24) is 5.32 Å². The number of nitrogens with one attached hydrogen (secondary N) is 1. The molecule has 0 aromatic heterocycles. The van der Waals surface area contributed by atoms with E-state index in [0.29, 0.717) is 5.02 Å². The van der Waals surface area contributed by atoms with Crippen molar-refractivity contribution in [2.24, 2.45) is 0 Å². The Labute approximate surface area is 95.6 Å². The first-order valence-electron chi connectivity index (χ1n) is 5.18. The van der Waals surface area contributed by atoms with Gasteiger partial charge in [0, 0.05) is 10.6 Å². The summed E-state index contributed by atoms with van der Waals surface area (Å²) >= 11 is 6.01. The van der Waals surface area contributed by atoms with Gasteiger partial charge in [0.15, 0.2) is 0 Å². The molecular weight excluding hydrogens is 213 g/mol. The fraction of sp³-hybridized carbons (Fsp3) is 0.500. The minimum atomic E-state index is -0.296. The zero-order valence-electron chi connectivity index (χ0n) is 9.40. The summed E-state index contributed by atoms with van der Waals surface area (Å²) in [6.07, 6.45) is 1.06. The van der Waals surface area contributed by atoms with Crippen LogP contribution >= 0.6 is 11.6 Å². The van der Waals surface area contributed by atoms with E-state index in [2.05, 4.69) is 12.2 Å². The summed E-state index contributed by atoms with van der Waals surface area (Å²) in [6.45, 7) is 7.11. The van der Waals surface area contributed by atoms with E-state index in [1.165, 1.54) is 12.1 Å². The summed E-state index contributed by atoms with van der Waals surface area (Å²) in [5, 5.41) is 3.85. The Morgan fingerprint density at radius 3 is 2.60 bits per heavy atom. The highest BCUT2D eigenvalue weighted by Gasteiger charge is 2.22. The molecule has 0 unspecified atom stereocenters. The molecule has 0 spiro atoms. The normalized spacial score (nSPS) is 11.8. The summed E-state index contributed by atoms with van der Waals surface area (Å²) in [4.78, 5) is 0. The van der Waals surface area contributed by atoms with Crippen LogP contribution in [0.4, 0.5) is 4.39 Å². The Balaban J connectivity index is 2.93. The van der Waals surface area contributed by atoms with Crippen LogP contribution in [0.1, 0.15) is 32.8 Å². The van der Waals surface area contributed by atoms with E-state index in [9.17, 15) is 4.39 Å². The average Bonchev–Trinajstić information content (AvgIpc) is 2.14. The SMILES string of the molecule is CCCNC(C)(C)c1ccc(F)cc1Cl. The molecule has 0 fully saturated rings. The van der Waals surface area contributed by atoms with Crippen molar-refractivity contribution in [1.29, 1.82) is 0 Å². The molecule has 84 valence electrons. The molecule has 0 bridgehead atoms. The molecule has 0 amide bonds. The highest BCUT2D eigenvalue weighted by atomic mass is 35.5. The molecule has 1 N–H and O–H groups in total. The van der Waals surface area contributed by atoms with Crippen LogP contribution in [0.5, 0.6) is 0 Å². The molecule has 0 aliphatic heterocycles. The number of halogens is 2. The number of hydrogen-bond acceptors (Lipinski definition) is 1. The lowest BCUT2D eigenvalue weighted by atomic mass is 9.94. The number of rotatable bonds is 4. The molecule has 1 rings (SSSR count). The van der Waals surface area contributed by atoms with Gasteiger partial charge in [-0.15, -0.1) is 0 Å². The standard InChI is InChI=1S/C12H17ClFN/c1-4-7-15-12(2,3)10-6-5-9(14)8-11(10)13/h5-6,8,15H,4,7H2,1-3H3. The molecule has 0 radical (unpaired) electrons. The Hall–Kier alpha value is -0.600. The smallest absolute Gasteiger partial charge is 0.124 e. The van der Waals surface area contributed by atoms with Crippen molar-refractivity contribution in [2.75, 3.05) is 6.54 Å². The third-order valence-electron chi connectivity index (χ3n) is 2.42. The van der Waals surface area contributed by atoms with E-state index in [-0.39, 0.29) is 11.4 Å². The van der Waals surface area contributed by atoms with Crippen LogP contribution in [-0.2, 0) is 5.54 Å². The van der Waals surface area contributed by atoms with Gasteiger partial charge in [0.25, 0.3) is 0 Å². The lowest BCUT2D eigenvalue weighted by molar-refractivity contribution is 0.404. The summed E-state index contributed by atoms with van der Waals surface area (Å²) in [6, 6.07) is 4.53. The monoisotopic (exact) mass is 229 g/mol. The predicted molar refractivity (Wildman–Crippen MR) is 62.7 cm³/mol. The van der Waals surface area contributed by atoms with Gasteiger partial charge in [-0.3, -0.25) is 0 Å². The predicted octanol–water partition coefficient (Wildman–Crippen LogP) is 3.71. The molecule has 0 saturated heterocycles. The van der Waals surface area contributed by atoms with Crippen molar-refractivity contribution >= 4 is 11.6 Å². The molecule has 0 heterocycles. The van der Waals surface area contributed by atoms with Gasteiger partial charge in [-0.1, -0.05) is 24.6 Å². The van der Waals surface area contributed by atoms with Gasteiger partial charge in [0.2, 0.25) is 0 Å². The maximum Gasteiger partial charge on any atom is 0.124 e. The first kappa shape index (κ1) is 12.5. The number of hydrogen-bond donors (Lipinski definition) is 1. The molecule has 1 nitrogen and oxygen atoms in total. The summed E-state index contributed by atoms with van der Waals surface area (Å²) in [5.41, 5.74) is 0.708. The topological polar surface area (TPSA) is 12.0 Å². The van der Waals surface area contributed by atoms with Gasteiger partial charge >= 0.3 is 0 Å². The first-order valence-corrected chi connectivity index (χ1v) is 5.55. The first-order chi connectivity index (χ1) is 6.97. The van der Waals surface area contributed by atoms with E-state index < -0.39 is 0 Å².